The second-order valence-electron chi connectivity index (χ2n) is 8.23. The van der Waals surface area contributed by atoms with E-state index >= 15 is 0 Å². The van der Waals surface area contributed by atoms with E-state index in [1.165, 1.54) is 40.7 Å². The molecule has 1 N–H and O–H groups in total. The number of carboxylic acid groups (broad SMARTS) is 1. The summed E-state index contributed by atoms with van der Waals surface area (Å²) in [6, 6.07) is 17.5. The summed E-state index contributed by atoms with van der Waals surface area (Å²) in [6.07, 6.45) is 1.77. The van der Waals surface area contributed by atoms with E-state index in [1.54, 1.807) is 18.2 Å². The van der Waals surface area contributed by atoms with Gasteiger partial charge in [0.15, 0.2) is 0 Å². The van der Waals surface area contributed by atoms with Crippen LogP contribution >= 0.6 is 0 Å². The van der Waals surface area contributed by atoms with Crippen molar-refractivity contribution in [2.24, 2.45) is 0 Å². The fourth-order valence-electron chi connectivity index (χ4n) is 4.16. The third-order valence-corrected chi connectivity index (χ3v) is 7.80. The predicted molar refractivity (Wildman–Crippen MR) is 124 cm³/mol. The van der Waals surface area contributed by atoms with Gasteiger partial charge in [-0.15, -0.1) is 0 Å². The van der Waals surface area contributed by atoms with Crippen molar-refractivity contribution in [3.05, 3.63) is 113 Å². The summed E-state index contributed by atoms with van der Waals surface area (Å²) in [7, 11) is -4.12. The van der Waals surface area contributed by atoms with Crippen molar-refractivity contribution in [1.82, 2.24) is 4.31 Å². The molecule has 7 heteroatoms. The normalized spacial score (nSPS) is 19.2. The van der Waals surface area contributed by atoms with Crippen LogP contribution in [0.1, 0.15) is 40.8 Å². The van der Waals surface area contributed by atoms with E-state index < -0.39 is 33.9 Å². The van der Waals surface area contributed by atoms with Crippen molar-refractivity contribution < 1.29 is 22.7 Å². The average Bonchev–Trinajstić information content (AvgIpc) is 2.79. The molecular weight excluding hydrogens is 441 g/mol. The Morgan fingerprint density at radius 1 is 0.879 bits per heavy atom. The second-order valence-corrected chi connectivity index (χ2v) is 10.1. The van der Waals surface area contributed by atoms with Gasteiger partial charge in [-0.3, -0.25) is 0 Å². The Labute approximate surface area is 192 Å². The quantitative estimate of drug-likeness (QED) is 0.553. The standard InChI is InChI=1S/C26H24FNO4S/c1-17-3-7-19(8-4-17)24-16-15-23(26(29)30)25(20-9-11-21(27)12-10-20)28(24)33(31,32)22-13-5-18(2)6-14-22/h3-15,24-25H,16H2,1-2H3,(H,29,30)/t24-,25-/m0/s1. The molecule has 1 aliphatic rings. The van der Waals surface area contributed by atoms with Gasteiger partial charge < -0.3 is 5.11 Å². The topological polar surface area (TPSA) is 74.7 Å². The summed E-state index contributed by atoms with van der Waals surface area (Å²) in [4.78, 5) is 12.3. The number of aryl methyl sites for hydroxylation is 2. The number of rotatable bonds is 5. The molecule has 0 saturated heterocycles. The van der Waals surface area contributed by atoms with Gasteiger partial charge in [0.25, 0.3) is 0 Å². The predicted octanol–water partition coefficient (Wildman–Crippen LogP) is 5.33. The average molecular weight is 466 g/mol. The summed E-state index contributed by atoms with van der Waals surface area (Å²) < 4.78 is 42.9. The first-order valence-corrected chi connectivity index (χ1v) is 12.0. The van der Waals surface area contributed by atoms with Crippen molar-refractivity contribution in [1.29, 1.82) is 0 Å². The van der Waals surface area contributed by atoms with Crippen LogP contribution in [0.4, 0.5) is 4.39 Å². The van der Waals surface area contributed by atoms with Crippen LogP contribution in [0, 0.1) is 19.7 Å². The molecule has 0 fully saturated rings. The molecule has 0 saturated carbocycles. The zero-order valence-corrected chi connectivity index (χ0v) is 19.1. The van der Waals surface area contributed by atoms with Crippen molar-refractivity contribution >= 4 is 16.0 Å². The van der Waals surface area contributed by atoms with E-state index in [4.69, 9.17) is 0 Å². The molecule has 5 nitrogen and oxygen atoms in total. The Morgan fingerprint density at radius 2 is 1.39 bits per heavy atom. The second kappa shape index (κ2) is 8.92. The van der Waals surface area contributed by atoms with Crippen molar-refractivity contribution in [2.75, 3.05) is 0 Å². The molecule has 0 radical (unpaired) electrons. The molecule has 0 aromatic heterocycles. The van der Waals surface area contributed by atoms with Gasteiger partial charge in [-0.1, -0.05) is 65.7 Å². The van der Waals surface area contributed by atoms with Crippen LogP contribution in [0.5, 0.6) is 0 Å². The fraction of sp³-hybridized carbons (Fsp3) is 0.192. The number of halogens is 1. The molecule has 0 spiro atoms. The van der Waals surface area contributed by atoms with Crippen LogP contribution < -0.4 is 0 Å². The van der Waals surface area contributed by atoms with E-state index in [2.05, 4.69) is 0 Å². The molecule has 0 bridgehead atoms. The lowest BCUT2D eigenvalue weighted by molar-refractivity contribution is -0.133. The Morgan fingerprint density at radius 3 is 1.94 bits per heavy atom. The highest BCUT2D eigenvalue weighted by Gasteiger charge is 2.44. The van der Waals surface area contributed by atoms with E-state index in [9.17, 15) is 22.7 Å². The van der Waals surface area contributed by atoms with E-state index in [0.29, 0.717) is 5.56 Å². The maximum absolute atomic E-state index is 14.0. The monoisotopic (exact) mass is 465 g/mol. The summed E-state index contributed by atoms with van der Waals surface area (Å²) in [5.74, 6) is -1.70. The molecule has 3 aromatic rings. The SMILES string of the molecule is Cc1ccc([C@@H]2CC=C(C(=O)O)[C@H](c3ccc(F)cc3)N2S(=O)(=O)c2ccc(C)cc2)cc1. The number of hydrogen-bond donors (Lipinski definition) is 1. The molecule has 1 aliphatic heterocycles. The molecule has 0 amide bonds. The molecule has 33 heavy (non-hydrogen) atoms. The molecule has 1 heterocycles. The number of carboxylic acids is 1. The first-order valence-electron chi connectivity index (χ1n) is 10.5. The maximum atomic E-state index is 14.0. The van der Waals surface area contributed by atoms with E-state index in [0.717, 1.165) is 16.7 Å². The lowest BCUT2D eigenvalue weighted by atomic mass is 9.89. The molecule has 2 atom stereocenters. The highest BCUT2D eigenvalue weighted by Crippen LogP contribution is 2.45. The Bertz CT molecular complexity index is 1300. The van der Waals surface area contributed by atoms with E-state index in [1.807, 2.05) is 38.1 Å². The lowest BCUT2D eigenvalue weighted by Gasteiger charge is -2.40. The number of carbonyl (C=O) groups is 1. The number of hydrogen-bond acceptors (Lipinski definition) is 3. The maximum Gasteiger partial charge on any atom is 0.333 e. The van der Waals surface area contributed by atoms with Crippen LogP contribution in [0.15, 0.2) is 89.3 Å². The van der Waals surface area contributed by atoms with Crippen LogP contribution in [0.3, 0.4) is 0 Å². The van der Waals surface area contributed by atoms with Gasteiger partial charge in [0, 0.05) is 0 Å². The molecule has 170 valence electrons. The van der Waals surface area contributed by atoms with Crippen LogP contribution in [-0.2, 0) is 14.8 Å². The number of nitrogens with zero attached hydrogens (tertiary/aromatic N) is 1. The smallest absolute Gasteiger partial charge is 0.333 e. The lowest BCUT2D eigenvalue weighted by Crippen LogP contribution is -2.42. The summed E-state index contributed by atoms with van der Waals surface area (Å²) in [5, 5.41) is 9.94. The van der Waals surface area contributed by atoms with Crippen molar-refractivity contribution in [2.45, 2.75) is 37.2 Å². The summed E-state index contributed by atoms with van der Waals surface area (Å²) in [5.41, 5.74) is 3.02. The minimum Gasteiger partial charge on any atom is -0.478 e. The minimum absolute atomic E-state index is 0.0549. The van der Waals surface area contributed by atoms with Crippen LogP contribution in [0.2, 0.25) is 0 Å². The number of benzene rings is 3. The van der Waals surface area contributed by atoms with Crippen LogP contribution in [-0.4, -0.2) is 23.8 Å². The number of aliphatic carboxylic acids is 1. The fourth-order valence-corrected chi connectivity index (χ4v) is 5.94. The van der Waals surface area contributed by atoms with E-state index in [-0.39, 0.29) is 16.9 Å². The molecule has 4 rings (SSSR count). The Balaban J connectivity index is 1.96. The number of sulfonamides is 1. The molecule has 3 aromatic carbocycles. The summed E-state index contributed by atoms with van der Waals surface area (Å²) >= 11 is 0. The third kappa shape index (κ3) is 4.47. The first-order chi connectivity index (χ1) is 15.7. The van der Waals surface area contributed by atoms with Gasteiger partial charge in [0.2, 0.25) is 10.0 Å². The van der Waals surface area contributed by atoms with Crippen molar-refractivity contribution in [3.8, 4) is 0 Å². The van der Waals surface area contributed by atoms with Gasteiger partial charge in [0.1, 0.15) is 5.82 Å². The minimum atomic E-state index is -4.12. The van der Waals surface area contributed by atoms with Gasteiger partial charge >= 0.3 is 5.97 Å². The zero-order chi connectivity index (χ0) is 23.8. The summed E-state index contributed by atoms with van der Waals surface area (Å²) in [6.45, 7) is 3.80. The highest BCUT2D eigenvalue weighted by molar-refractivity contribution is 7.89. The Hall–Kier alpha value is -3.29. The van der Waals surface area contributed by atoms with Gasteiger partial charge in [-0.2, -0.15) is 4.31 Å². The first kappa shape index (κ1) is 22.9. The molecular formula is C26H24FNO4S. The molecule has 0 aliphatic carbocycles. The third-order valence-electron chi connectivity index (χ3n) is 5.91. The zero-order valence-electron chi connectivity index (χ0n) is 18.3. The van der Waals surface area contributed by atoms with Gasteiger partial charge in [-0.25, -0.2) is 17.6 Å². The van der Waals surface area contributed by atoms with Gasteiger partial charge in [0.05, 0.1) is 22.6 Å². The van der Waals surface area contributed by atoms with Crippen molar-refractivity contribution in [3.63, 3.8) is 0 Å². The largest absolute Gasteiger partial charge is 0.478 e. The highest BCUT2D eigenvalue weighted by atomic mass is 32.2. The van der Waals surface area contributed by atoms with Gasteiger partial charge in [-0.05, 0) is 55.7 Å². The molecule has 0 unspecified atom stereocenters. The van der Waals surface area contributed by atoms with Crippen LogP contribution in [0.25, 0.3) is 0 Å². The Kier molecular flexibility index (Phi) is 6.19.